The van der Waals surface area contributed by atoms with E-state index in [2.05, 4.69) is 20.9 Å². The second-order valence-electron chi connectivity index (χ2n) is 12.7. The van der Waals surface area contributed by atoms with Gasteiger partial charge in [0.05, 0.1) is 5.69 Å². The predicted molar refractivity (Wildman–Crippen MR) is 166 cm³/mol. The fraction of sp³-hybridized carbons (Fsp3) is 0.469. The van der Waals surface area contributed by atoms with Crippen molar-refractivity contribution >= 4 is 35.9 Å². The number of rotatable bonds is 8. The van der Waals surface area contributed by atoms with Crippen molar-refractivity contribution in [3.63, 3.8) is 0 Å². The van der Waals surface area contributed by atoms with Gasteiger partial charge in [-0.1, -0.05) is 44.2 Å². The number of esters is 1. The van der Waals surface area contributed by atoms with Crippen LogP contribution in [-0.4, -0.2) is 46.9 Å². The third-order valence-electron chi connectivity index (χ3n) is 5.38. The molecule has 240 valence electrons. The van der Waals surface area contributed by atoms with E-state index in [1.165, 1.54) is 24.3 Å². The van der Waals surface area contributed by atoms with Crippen LogP contribution >= 0.6 is 0 Å². The molecular formula is C32H44N4O8. The number of aliphatic imine (C=N–C) groups is 1. The number of carbonyl (C=O) groups excluding carboxylic acids is 4. The van der Waals surface area contributed by atoms with Gasteiger partial charge in [-0.25, -0.2) is 24.2 Å². The Morgan fingerprint density at radius 2 is 1.27 bits per heavy atom. The SMILES string of the molecule is CC(C)CC(C)(NC(=O)OCc1ccccc1)C(=O)Oc1ccc(N=C(NC(=O)OC(C)(C)C)NC(=O)OC(C)(C)C)cc1. The molecule has 0 aliphatic rings. The van der Waals surface area contributed by atoms with Gasteiger partial charge in [-0.05, 0) is 90.6 Å². The minimum atomic E-state index is -1.37. The highest BCUT2D eigenvalue weighted by molar-refractivity contribution is 6.02. The summed E-state index contributed by atoms with van der Waals surface area (Å²) in [4.78, 5) is 54.8. The maximum Gasteiger partial charge on any atom is 0.414 e. The zero-order valence-corrected chi connectivity index (χ0v) is 26.9. The smallest absolute Gasteiger partial charge is 0.414 e. The summed E-state index contributed by atoms with van der Waals surface area (Å²) in [5, 5.41) is 7.46. The molecule has 1 atom stereocenters. The molecule has 12 heteroatoms. The Bertz CT molecular complexity index is 1280. The van der Waals surface area contributed by atoms with E-state index in [4.69, 9.17) is 18.9 Å². The molecule has 2 rings (SSSR count). The van der Waals surface area contributed by atoms with Gasteiger partial charge in [0.2, 0.25) is 5.96 Å². The molecule has 0 aromatic heterocycles. The average molecular weight is 613 g/mol. The number of guanidine groups is 1. The number of alkyl carbamates (subject to hydrolysis) is 3. The first-order valence-electron chi connectivity index (χ1n) is 14.2. The van der Waals surface area contributed by atoms with Gasteiger partial charge >= 0.3 is 24.2 Å². The quantitative estimate of drug-likeness (QED) is 0.102. The van der Waals surface area contributed by atoms with Crippen molar-refractivity contribution in [2.24, 2.45) is 10.9 Å². The zero-order chi connectivity index (χ0) is 33.1. The van der Waals surface area contributed by atoms with Crippen LogP contribution in [0.3, 0.4) is 0 Å². The molecule has 0 spiro atoms. The average Bonchev–Trinajstić information content (AvgIpc) is 2.86. The Morgan fingerprint density at radius 1 is 0.750 bits per heavy atom. The van der Waals surface area contributed by atoms with Crippen molar-refractivity contribution in [1.82, 2.24) is 16.0 Å². The molecule has 0 radical (unpaired) electrons. The maximum atomic E-state index is 13.3. The van der Waals surface area contributed by atoms with Gasteiger partial charge < -0.3 is 24.3 Å². The standard InChI is InChI=1S/C32H44N4O8/c1-21(2)19-32(9,36-29(40)41-20-22-13-11-10-12-14-22)25(37)42-24-17-15-23(16-18-24)33-26(34-27(38)43-30(3,4)5)35-28(39)44-31(6,7)8/h10-18,21H,19-20H2,1-9H3,(H,36,40)(H2,33,34,35,38,39). The molecule has 3 N–H and O–H groups in total. The van der Waals surface area contributed by atoms with Crippen molar-refractivity contribution in [2.75, 3.05) is 0 Å². The molecule has 0 fully saturated rings. The number of carbonyl (C=O) groups is 4. The van der Waals surface area contributed by atoms with Gasteiger partial charge in [0.25, 0.3) is 0 Å². The number of benzene rings is 2. The Hall–Kier alpha value is -4.61. The lowest BCUT2D eigenvalue weighted by molar-refractivity contribution is -0.141. The summed E-state index contributed by atoms with van der Waals surface area (Å²) < 4.78 is 21.4. The first-order valence-corrected chi connectivity index (χ1v) is 14.2. The van der Waals surface area contributed by atoms with Crippen molar-refractivity contribution in [2.45, 2.75) is 92.1 Å². The molecule has 1 unspecified atom stereocenters. The van der Waals surface area contributed by atoms with E-state index in [0.29, 0.717) is 12.1 Å². The summed E-state index contributed by atoms with van der Waals surface area (Å²) in [6.45, 7) is 15.6. The minimum absolute atomic E-state index is 0.0482. The zero-order valence-electron chi connectivity index (χ0n) is 26.9. The van der Waals surface area contributed by atoms with Crippen molar-refractivity contribution in [1.29, 1.82) is 0 Å². The van der Waals surface area contributed by atoms with E-state index in [1.54, 1.807) is 48.5 Å². The lowest BCUT2D eigenvalue weighted by atomic mass is 9.91. The summed E-state index contributed by atoms with van der Waals surface area (Å²) in [5.74, 6) is -0.684. The molecule has 0 bridgehead atoms. The molecule has 0 aliphatic heterocycles. The van der Waals surface area contributed by atoms with E-state index in [0.717, 1.165) is 5.56 Å². The van der Waals surface area contributed by atoms with Gasteiger partial charge in [-0.2, -0.15) is 0 Å². The first kappa shape index (κ1) is 35.6. The van der Waals surface area contributed by atoms with E-state index in [-0.39, 0.29) is 24.2 Å². The van der Waals surface area contributed by atoms with Crippen molar-refractivity contribution in [3.8, 4) is 5.75 Å². The Morgan fingerprint density at radius 3 is 1.75 bits per heavy atom. The number of hydrogen-bond acceptors (Lipinski definition) is 9. The summed E-state index contributed by atoms with van der Waals surface area (Å²) in [6, 6.07) is 15.2. The highest BCUT2D eigenvalue weighted by Crippen LogP contribution is 2.23. The summed E-state index contributed by atoms with van der Waals surface area (Å²) in [5.41, 5.74) is -1.83. The monoisotopic (exact) mass is 612 g/mol. The number of amides is 3. The van der Waals surface area contributed by atoms with Crippen LogP contribution < -0.4 is 20.7 Å². The van der Waals surface area contributed by atoms with Gasteiger partial charge in [0.1, 0.15) is 29.1 Å². The molecule has 44 heavy (non-hydrogen) atoms. The van der Waals surface area contributed by atoms with Gasteiger partial charge in [-0.15, -0.1) is 0 Å². The molecule has 2 aromatic carbocycles. The highest BCUT2D eigenvalue weighted by Gasteiger charge is 2.38. The molecule has 2 aromatic rings. The van der Waals surface area contributed by atoms with Gasteiger partial charge in [0, 0.05) is 0 Å². The third-order valence-corrected chi connectivity index (χ3v) is 5.38. The molecule has 0 heterocycles. The van der Waals surface area contributed by atoms with Crippen molar-refractivity contribution < 1.29 is 38.1 Å². The van der Waals surface area contributed by atoms with E-state index in [1.807, 2.05) is 44.2 Å². The molecule has 0 saturated heterocycles. The Labute approximate surface area is 258 Å². The second-order valence-corrected chi connectivity index (χ2v) is 12.7. The molecule has 3 amide bonds. The molecule has 0 saturated carbocycles. The maximum absolute atomic E-state index is 13.3. The highest BCUT2D eigenvalue weighted by atomic mass is 16.6. The fourth-order valence-electron chi connectivity index (χ4n) is 3.81. The van der Waals surface area contributed by atoms with Crippen LogP contribution in [0.4, 0.5) is 20.1 Å². The number of hydrogen-bond donors (Lipinski definition) is 3. The van der Waals surface area contributed by atoms with Crippen LogP contribution in [-0.2, 0) is 25.6 Å². The minimum Gasteiger partial charge on any atom is -0.445 e. The summed E-state index contributed by atoms with van der Waals surface area (Å²) in [7, 11) is 0. The topological polar surface area (TPSA) is 154 Å². The largest absolute Gasteiger partial charge is 0.445 e. The van der Waals surface area contributed by atoms with Crippen LogP contribution in [0.15, 0.2) is 59.6 Å². The van der Waals surface area contributed by atoms with E-state index < -0.39 is 41.0 Å². The second kappa shape index (κ2) is 15.2. The Balaban J connectivity index is 2.17. The number of nitrogens with zero attached hydrogens (tertiary/aromatic N) is 1. The molecule has 12 nitrogen and oxygen atoms in total. The summed E-state index contributed by atoms with van der Waals surface area (Å²) >= 11 is 0. The van der Waals surface area contributed by atoms with Crippen LogP contribution in [0, 0.1) is 5.92 Å². The summed E-state index contributed by atoms with van der Waals surface area (Å²) in [6.07, 6.45) is -2.12. The predicted octanol–water partition coefficient (Wildman–Crippen LogP) is 6.36. The van der Waals surface area contributed by atoms with Crippen molar-refractivity contribution in [3.05, 3.63) is 60.2 Å². The van der Waals surface area contributed by atoms with Crippen LogP contribution in [0.1, 0.15) is 74.3 Å². The fourth-order valence-corrected chi connectivity index (χ4v) is 3.81. The number of nitrogens with one attached hydrogen (secondary N) is 3. The molecular weight excluding hydrogens is 568 g/mol. The van der Waals surface area contributed by atoms with Gasteiger partial charge in [0.15, 0.2) is 0 Å². The Kier molecular flexibility index (Phi) is 12.3. The van der Waals surface area contributed by atoms with E-state index >= 15 is 0 Å². The first-order chi connectivity index (χ1) is 20.3. The lowest BCUT2D eigenvalue weighted by Gasteiger charge is -2.29. The van der Waals surface area contributed by atoms with Gasteiger partial charge in [-0.3, -0.25) is 10.6 Å². The van der Waals surface area contributed by atoms with Crippen LogP contribution in [0.5, 0.6) is 5.75 Å². The lowest BCUT2D eigenvalue weighted by Crippen LogP contribution is -2.54. The van der Waals surface area contributed by atoms with Crippen LogP contribution in [0.2, 0.25) is 0 Å². The normalized spacial score (nSPS) is 12.7. The molecule has 0 aliphatic carbocycles. The van der Waals surface area contributed by atoms with Crippen LogP contribution in [0.25, 0.3) is 0 Å². The number of ether oxygens (including phenoxy) is 4. The van der Waals surface area contributed by atoms with E-state index in [9.17, 15) is 19.2 Å². The third kappa shape index (κ3) is 13.6.